The molecule has 6 heteroatoms. The standard InChI is InChI=1S/C15H21N5S/c1-9-13(19-16)17-14(11-6-7-11)18-15(9)20(3)10(2)12-5-4-8-21-12/h4-5,8,10-11H,6-7,16H2,1-3H3,(H,17,18,19). The highest BCUT2D eigenvalue weighted by Gasteiger charge is 2.29. The predicted octanol–water partition coefficient (Wildman–Crippen LogP) is 3.21. The maximum absolute atomic E-state index is 5.62. The van der Waals surface area contributed by atoms with Crippen molar-refractivity contribution < 1.29 is 0 Å². The van der Waals surface area contributed by atoms with Crippen LogP contribution in [0.25, 0.3) is 0 Å². The summed E-state index contributed by atoms with van der Waals surface area (Å²) in [5.74, 6) is 8.72. The third-order valence-electron chi connectivity index (χ3n) is 4.09. The van der Waals surface area contributed by atoms with E-state index < -0.39 is 0 Å². The van der Waals surface area contributed by atoms with Crippen molar-refractivity contribution >= 4 is 23.0 Å². The van der Waals surface area contributed by atoms with E-state index in [1.165, 1.54) is 17.7 Å². The molecule has 1 fully saturated rings. The van der Waals surface area contributed by atoms with Gasteiger partial charge in [-0.3, -0.25) is 0 Å². The summed E-state index contributed by atoms with van der Waals surface area (Å²) in [6, 6.07) is 4.52. The number of nitrogens with two attached hydrogens (primary N) is 1. The number of thiophene rings is 1. The number of hydrogen-bond acceptors (Lipinski definition) is 6. The molecule has 5 nitrogen and oxygen atoms in total. The fourth-order valence-corrected chi connectivity index (χ4v) is 3.26. The van der Waals surface area contributed by atoms with Crippen LogP contribution >= 0.6 is 11.3 Å². The number of hydrogen-bond donors (Lipinski definition) is 2. The summed E-state index contributed by atoms with van der Waals surface area (Å²) >= 11 is 1.77. The normalized spacial score (nSPS) is 15.8. The first-order valence-electron chi connectivity index (χ1n) is 7.23. The van der Waals surface area contributed by atoms with Gasteiger partial charge >= 0.3 is 0 Å². The van der Waals surface area contributed by atoms with E-state index in [-0.39, 0.29) is 6.04 Å². The van der Waals surface area contributed by atoms with Crippen LogP contribution in [-0.4, -0.2) is 17.0 Å². The van der Waals surface area contributed by atoms with Crippen molar-refractivity contribution in [3.8, 4) is 0 Å². The first-order valence-corrected chi connectivity index (χ1v) is 8.11. The predicted molar refractivity (Wildman–Crippen MR) is 87.7 cm³/mol. The molecule has 0 saturated heterocycles. The summed E-state index contributed by atoms with van der Waals surface area (Å²) in [6.45, 7) is 4.21. The molecule has 1 aliphatic carbocycles. The third kappa shape index (κ3) is 2.73. The van der Waals surface area contributed by atoms with Gasteiger partial charge in [-0.25, -0.2) is 15.8 Å². The zero-order valence-corrected chi connectivity index (χ0v) is 13.4. The van der Waals surface area contributed by atoms with Gasteiger partial charge in [-0.1, -0.05) is 6.07 Å². The lowest BCUT2D eigenvalue weighted by molar-refractivity contribution is 0.730. The van der Waals surface area contributed by atoms with Crippen LogP contribution in [0.15, 0.2) is 17.5 Å². The van der Waals surface area contributed by atoms with Crippen LogP contribution in [0.4, 0.5) is 11.6 Å². The minimum Gasteiger partial charge on any atom is -0.352 e. The average molecular weight is 303 g/mol. The molecule has 0 aliphatic heterocycles. The first-order chi connectivity index (χ1) is 10.1. The maximum Gasteiger partial charge on any atom is 0.148 e. The Labute approximate surface area is 129 Å². The molecule has 21 heavy (non-hydrogen) atoms. The maximum atomic E-state index is 5.62. The molecule has 112 valence electrons. The molecule has 2 heterocycles. The number of nitrogens with one attached hydrogen (secondary N) is 1. The lowest BCUT2D eigenvalue weighted by Crippen LogP contribution is -2.25. The van der Waals surface area contributed by atoms with Gasteiger partial charge in [-0.15, -0.1) is 11.3 Å². The number of aromatic nitrogens is 2. The Morgan fingerprint density at radius 1 is 1.43 bits per heavy atom. The van der Waals surface area contributed by atoms with Crippen LogP contribution in [0.2, 0.25) is 0 Å². The summed E-state index contributed by atoms with van der Waals surface area (Å²) in [6.07, 6.45) is 2.35. The van der Waals surface area contributed by atoms with E-state index in [1.807, 2.05) is 6.92 Å². The van der Waals surface area contributed by atoms with Crippen molar-refractivity contribution in [2.24, 2.45) is 5.84 Å². The van der Waals surface area contributed by atoms with Gasteiger partial charge in [0.2, 0.25) is 0 Å². The highest BCUT2D eigenvalue weighted by Crippen LogP contribution is 2.40. The van der Waals surface area contributed by atoms with Crippen molar-refractivity contribution in [2.45, 2.75) is 38.6 Å². The molecule has 2 aromatic rings. The zero-order valence-electron chi connectivity index (χ0n) is 12.6. The second-order valence-corrected chi connectivity index (χ2v) is 6.58. The molecule has 1 aliphatic rings. The summed E-state index contributed by atoms with van der Waals surface area (Å²) in [7, 11) is 2.08. The van der Waals surface area contributed by atoms with E-state index in [1.54, 1.807) is 11.3 Å². The molecular formula is C15H21N5S. The van der Waals surface area contributed by atoms with Gasteiger partial charge in [-0.05, 0) is 38.1 Å². The molecule has 0 spiro atoms. The van der Waals surface area contributed by atoms with E-state index in [2.05, 4.69) is 46.8 Å². The van der Waals surface area contributed by atoms with Gasteiger partial charge in [0.1, 0.15) is 17.5 Å². The molecule has 1 atom stereocenters. The van der Waals surface area contributed by atoms with Gasteiger partial charge in [0.05, 0.1) is 6.04 Å². The highest BCUT2D eigenvalue weighted by atomic mass is 32.1. The highest BCUT2D eigenvalue weighted by molar-refractivity contribution is 7.10. The molecule has 0 amide bonds. The number of hydrazine groups is 1. The topological polar surface area (TPSA) is 67.1 Å². The summed E-state index contributed by atoms with van der Waals surface area (Å²) in [5.41, 5.74) is 3.71. The summed E-state index contributed by atoms with van der Waals surface area (Å²) in [4.78, 5) is 12.9. The van der Waals surface area contributed by atoms with Crippen molar-refractivity contribution in [1.29, 1.82) is 0 Å². The number of nitrogens with zero attached hydrogens (tertiary/aromatic N) is 3. The zero-order chi connectivity index (χ0) is 15.0. The fraction of sp³-hybridized carbons (Fsp3) is 0.467. The molecule has 0 aromatic carbocycles. The van der Waals surface area contributed by atoms with Crippen LogP contribution in [-0.2, 0) is 0 Å². The Balaban J connectivity index is 1.98. The van der Waals surface area contributed by atoms with E-state index in [0.29, 0.717) is 5.92 Å². The van der Waals surface area contributed by atoms with E-state index in [9.17, 15) is 0 Å². The average Bonchev–Trinajstić information content (AvgIpc) is 3.20. The van der Waals surface area contributed by atoms with Gasteiger partial charge in [0.15, 0.2) is 0 Å². The quantitative estimate of drug-likeness (QED) is 0.656. The molecule has 3 N–H and O–H groups in total. The van der Waals surface area contributed by atoms with E-state index in [4.69, 9.17) is 10.8 Å². The summed E-state index contributed by atoms with van der Waals surface area (Å²) < 4.78 is 0. The Bertz CT molecular complexity index is 621. The SMILES string of the molecule is Cc1c(NN)nc(C2CC2)nc1N(C)C(C)c1cccs1. The van der Waals surface area contributed by atoms with Gasteiger partial charge in [0, 0.05) is 23.4 Å². The van der Waals surface area contributed by atoms with Crippen molar-refractivity contribution in [1.82, 2.24) is 9.97 Å². The van der Waals surface area contributed by atoms with Crippen LogP contribution in [0.5, 0.6) is 0 Å². The largest absolute Gasteiger partial charge is 0.352 e. The fourth-order valence-electron chi connectivity index (χ4n) is 2.43. The first kappa shape index (κ1) is 14.3. The van der Waals surface area contributed by atoms with Crippen molar-refractivity contribution in [3.63, 3.8) is 0 Å². The second kappa shape index (κ2) is 5.61. The lowest BCUT2D eigenvalue weighted by Gasteiger charge is -2.27. The van der Waals surface area contributed by atoms with Crippen LogP contribution < -0.4 is 16.2 Å². The smallest absolute Gasteiger partial charge is 0.148 e. The monoisotopic (exact) mass is 303 g/mol. The molecule has 3 rings (SSSR count). The van der Waals surface area contributed by atoms with Crippen LogP contribution in [0, 0.1) is 6.92 Å². The van der Waals surface area contributed by atoms with Crippen molar-refractivity contribution in [2.75, 3.05) is 17.4 Å². The Morgan fingerprint density at radius 3 is 2.76 bits per heavy atom. The summed E-state index contributed by atoms with van der Waals surface area (Å²) in [5, 5.41) is 2.11. The number of rotatable bonds is 5. The third-order valence-corrected chi connectivity index (χ3v) is 5.13. The molecule has 1 saturated carbocycles. The molecule has 2 aromatic heterocycles. The minimum atomic E-state index is 0.274. The van der Waals surface area contributed by atoms with Crippen LogP contribution in [0.1, 0.15) is 48.0 Å². The Hall–Kier alpha value is -1.66. The van der Waals surface area contributed by atoms with Crippen LogP contribution in [0.3, 0.4) is 0 Å². The van der Waals surface area contributed by atoms with Gasteiger partial charge in [-0.2, -0.15) is 0 Å². The molecule has 0 radical (unpaired) electrons. The molecule has 1 unspecified atom stereocenters. The molecular weight excluding hydrogens is 282 g/mol. The molecule has 0 bridgehead atoms. The van der Waals surface area contributed by atoms with E-state index >= 15 is 0 Å². The number of nitrogen functional groups attached to an aromatic ring is 1. The van der Waals surface area contributed by atoms with Crippen molar-refractivity contribution in [3.05, 3.63) is 33.8 Å². The lowest BCUT2D eigenvalue weighted by atomic mass is 10.2. The Kier molecular flexibility index (Phi) is 3.82. The van der Waals surface area contributed by atoms with E-state index in [0.717, 1.165) is 23.0 Å². The number of anilines is 2. The second-order valence-electron chi connectivity index (χ2n) is 5.60. The van der Waals surface area contributed by atoms with Gasteiger partial charge < -0.3 is 10.3 Å². The minimum absolute atomic E-state index is 0.274. The van der Waals surface area contributed by atoms with Gasteiger partial charge in [0.25, 0.3) is 0 Å². The Morgan fingerprint density at radius 2 is 2.19 bits per heavy atom.